The van der Waals surface area contributed by atoms with Gasteiger partial charge in [-0.15, -0.1) is 0 Å². The molecule has 7 nitrogen and oxygen atoms in total. The van der Waals surface area contributed by atoms with E-state index in [9.17, 15) is 18.0 Å². The molecule has 2 aliphatic rings. The molecule has 0 N–H and O–H groups in total. The van der Waals surface area contributed by atoms with Crippen LogP contribution in [0.1, 0.15) is 28.8 Å². The number of anilines is 1. The number of alkyl halides is 3. The Morgan fingerprint density at radius 2 is 1.77 bits per heavy atom. The van der Waals surface area contributed by atoms with Crippen LogP contribution < -0.4 is 4.90 Å². The fraction of sp³-hybridized carbons (Fsp3) is 0.333. The summed E-state index contributed by atoms with van der Waals surface area (Å²) in [6, 6.07) is 7.09. The van der Waals surface area contributed by atoms with Crippen molar-refractivity contribution in [3.05, 3.63) is 66.2 Å². The molecule has 5 heterocycles. The second kappa shape index (κ2) is 7.36. The topological polar surface area (TPSA) is 67.2 Å². The van der Waals surface area contributed by atoms with Crippen LogP contribution in [0.25, 0.3) is 5.82 Å². The summed E-state index contributed by atoms with van der Waals surface area (Å²) in [5.41, 5.74) is -0.272. The van der Waals surface area contributed by atoms with Crippen molar-refractivity contribution in [1.82, 2.24) is 24.6 Å². The highest BCUT2D eigenvalue weighted by Crippen LogP contribution is 2.37. The highest BCUT2D eigenvalue weighted by molar-refractivity contribution is 5.97. The Morgan fingerprint density at radius 3 is 2.45 bits per heavy atom. The van der Waals surface area contributed by atoms with Crippen LogP contribution in [0, 0.1) is 0 Å². The number of pyridine rings is 2. The van der Waals surface area contributed by atoms with Crippen LogP contribution in [0.4, 0.5) is 19.0 Å². The Morgan fingerprint density at radius 1 is 1.00 bits per heavy atom. The Kier molecular flexibility index (Phi) is 4.64. The number of halogens is 3. The zero-order valence-corrected chi connectivity index (χ0v) is 16.4. The molecule has 3 aromatic heterocycles. The molecule has 0 aromatic carbocycles. The largest absolute Gasteiger partial charge is 0.416 e. The maximum absolute atomic E-state index is 13.3. The molecule has 2 bridgehead atoms. The summed E-state index contributed by atoms with van der Waals surface area (Å²) in [6.45, 7) is 0.835. The van der Waals surface area contributed by atoms with Gasteiger partial charge in [0.05, 0.1) is 11.1 Å². The number of piperazine rings is 1. The van der Waals surface area contributed by atoms with Crippen LogP contribution in [0.3, 0.4) is 0 Å². The van der Waals surface area contributed by atoms with Crippen molar-refractivity contribution in [2.24, 2.45) is 0 Å². The molecule has 2 saturated heterocycles. The molecule has 0 radical (unpaired) electrons. The standard InChI is InChI=1S/C21H19F3N6O/c22-21(23,24)14-6-9-25-18(11-14)30-15-4-5-16(30)13-28(12-15)20(31)17-3-1-7-26-19(17)29-10-2-8-27-29/h1-3,6-11,15-16H,4-5,12-13H2. The van der Waals surface area contributed by atoms with E-state index in [1.54, 1.807) is 46.4 Å². The molecule has 31 heavy (non-hydrogen) atoms. The number of hydrogen-bond acceptors (Lipinski definition) is 5. The average molecular weight is 428 g/mol. The first-order valence-electron chi connectivity index (χ1n) is 9.98. The zero-order chi connectivity index (χ0) is 21.6. The first-order chi connectivity index (χ1) is 14.9. The maximum Gasteiger partial charge on any atom is 0.416 e. The first kappa shape index (κ1) is 19.5. The molecule has 0 aliphatic carbocycles. The molecule has 10 heteroatoms. The molecule has 160 valence electrons. The molecule has 2 atom stereocenters. The normalized spacial score (nSPS) is 20.9. The quantitative estimate of drug-likeness (QED) is 0.641. The van der Waals surface area contributed by atoms with Crippen LogP contribution >= 0.6 is 0 Å². The summed E-state index contributed by atoms with van der Waals surface area (Å²) in [7, 11) is 0. The summed E-state index contributed by atoms with van der Waals surface area (Å²) < 4.78 is 41.0. The van der Waals surface area contributed by atoms with Crippen molar-refractivity contribution in [1.29, 1.82) is 0 Å². The lowest BCUT2D eigenvalue weighted by molar-refractivity contribution is -0.137. The van der Waals surface area contributed by atoms with Gasteiger partial charge in [0.15, 0.2) is 5.82 Å². The Labute approximate surface area is 176 Å². The minimum atomic E-state index is -4.42. The molecule has 3 aromatic rings. The Balaban J connectivity index is 1.40. The molecule has 2 aliphatic heterocycles. The monoisotopic (exact) mass is 428 g/mol. The number of aromatic nitrogens is 4. The average Bonchev–Trinajstić information content (AvgIpc) is 3.39. The van der Waals surface area contributed by atoms with Gasteiger partial charge in [-0.1, -0.05) is 0 Å². The number of nitrogens with zero attached hydrogens (tertiary/aromatic N) is 6. The van der Waals surface area contributed by atoms with Gasteiger partial charge in [-0.2, -0.15) is 18.3 Å². The number of fused-ring (bicyclic) bond motifs is 2. The van der Waals surface area contributed by atoms with Gasteiger partial charge in [-0.25, -0.2) is 14.6 Å². The minimum absolute atomic E-state index is 0.0801. The number of carbonyl (C=O) groups is 1. The molecule has 2 unspecified atom stereocenters. The third kappa shape index (κ3) is 3.51. The first-order valence-corrected chi connectivity index (χ1v) is 9.98. The van der Waals surface area contributed by atoms with E-state index in [-0.39, 0.29) is 18.0 Å². The molecule has 5 rings (SSSR count). The number of amides is 1. The molecule has 0 saturated carbocycles. The van der Waals surface area contributed by atoms with Gasteiger partial charge in [-0.3, -0.25) is 4.79 Å². The third-order valence-corrected chi connectivity index (χ3v) is 5.85. The van der Waals surface area contributed by atoms with Gasteiger partial charge in [0.1, 0.15) is 5.82 Å². The highest BCUT2D eigenvalue weighted by Gasteiger charge is 2.43. The summed E-state index contributed by atoms with van der Waals surface area (Å²) in [4.78, 5) is 25.5. The van der Waals surface area contributed by atoms with E-state index < -0.39 is 11.7 Å². The molecular weight excluding hydrogens is 409 g/mol. The van der Waals surface area contributed by atoms with Gasteiger partial charge in [0, 0.05) is 50.0 Å². The van der Waals surface area contributed by atoms with Gasteiger partial charge in [0.25, 0.3) is 5.91 Å². The van der Waals surface area contributed by atoms with Crippen LogP contribution in [0.15, 0.2) is 55.1 Å². The van der Waals surface area contributed by atoms with Crippen LogP contribution in [-0.4, -0.2) is 55.7 Å². The van der Waals surface area contributed by atoms with Gasteiger partial charge in [0.2, 0.25) is 0 Å². The van der Waals surface area contributed by atoms with Crippen molar-refractivity contribution >= 4 is 11.7 Å². The van der Waals surface area contributed by atoms with E-state index in [0.29, 0.717) is 30.3 Å². The number of rotatable bonds is 3. The Hall–Kier alpha value is -3.43. The van der Waals surface area contributed by atoms with E-state index in [4.69, 9.17) is 0 Å². The van der Waals surface area contributed by atoms with Gasteiger partial charge >= 0.3 is 6.18 Å². The van der Waals surface area contributed by atoms with Crippen molar-refractivity contribution in [3.63, 3.8) is 0 Å². The SMILES string of the molecule is O=C(c1cccnc1-n1cccn1)N1CC2CCC(C1)N2c1cc(C(F)(F)F)ccn1. The molecule has 0 spiro atoms. The lowest BCUT2D eigenvalue weighted by Crippen LogP contribution is -2.55. The predicted octanol–water partition coefficient (Wildman–Crippen LogP) is 3.17. The van der Waals surface area contributed by atoms with E-state index in [0.717, 1.165) is 25.0 Å². The minimum Gasteiger partial charge on any atom is -0.347 e. The molecular formula is C21H19F3N6O. The molecule has 2 fully saturated rings. The fourth-order valence-corrected chi connectivity index (χ4v) is 4.49. The van der Waals surface area contributed by atoms with Crippen molar-refractivity contribution < 1.29 is 18.0 Å². The maximum atomic E-state index is 13.3. The van der Waals surface area contributed by atoms with Crippen LogP contribution in [0.2, 0.25) is 0 Å². The van der Waals surface area contributed by atoms with Crippen LogP contribution in [0.5, 0.6) is 0 Å². The molecule has 1 amide bonds. The third-order valence-electron chi connectivity index (χ3n) is 5.85. The summed E-state index contributed by atoms with van der Waals surface area (Å²) >= 11 is 0. The van der Waals surface area contributed by atoms with Crippen molar-refractivity contribution in [2.75, 3.05) is 18.0 Å². The zero-order valence-electron chi connectivity index (χ0n) is 16.4. The smallest absolute Gasteiger partial charge is 0.347 e. The summed E-state index contributed by atoms with van der Waals surface area (Å²) in [5.74, 6) is 0.604. The Bertz CT molecular complexity index is 1090. The van der Waals surface area contributed by atoms with Crippen LogP contribution in [-0.2, 0) is 6.18 Å². The number of likely N-dealkylation sites (tertiary alicyclic amines) is 1. The number of hydrogen-bond donors (Lipinski definition) is 0. The van der Waals surface area contributed by atoms with E-state index >= 15 is 0 Å². The van der Waals surface area contributed by atoms with Gasteiger partial charge in [-0.05, 0) is 43.2 Å². The van der Waals surface area contributed by atoms with Crippen molar-refractivity contribution in [2.45, 2.75) is 31.1 Å². The predicted molar refractivity (Wildman–Crippen MR) is 106 cm³/mol. The van der Waals surface area contributed by atoms with E-state index in [1.807, 2.05) is 4.90 Å². The second-order valence-electron chi connectivity index (χ2n) is 7.73. The fourth-order valence-electron chi connectivity index (χ4n) is 4.49. The van der Waals surface area contributed by atoms with Crippen molar-refractivity contribution in [3.8, 4) is 5.82 Å². The lowest BCUT2D eigenvalue weighted by atomic mass is 10.1. The summed E-state index contributed by atoms with van der Waals surface area (Å²) in [6.07, 6.45) is 3.31. The lowest BCUT2D eigenvalue weighted by Gasteiger charge is -2.42. The number of carbonyl (C=O) groups excluding carboxylic acids is 1. The van der Waals surface area contributed by atoms with E-state index in [2.05, 4.69) is 15.1 Å². The summed E-state index contributed by atoms with van der Waals surface area (Å²) in [5, 5.41) is 4.17. The highest BCUT2D eigenvalue weighted by atomic mass is 19.4. The second-order valence-corrected chi connectivity index (χ2v) is 7.73. The van der Waals surface area contributed by atoms with Gasteiger partial charge < -0.3 is 9.80 Å². The van der Waals surface area contributed by atoms with E-state index in [1.165, 1.54) is 6.20 Å².